The topological polar surface area (TPSA) is 72.6 Å². The van der Waals surface area contributed by atoms with Crippen molar-refractivity contribution in [2.75, 3.05) is 4.90 Å². The molecule has 14 heteroatoms. The quantitative estimate of drug-likeness (QED) is 0.394. The molecule has 1 heterocycles. The van der Waals surface area contributed by atoms with Gasteiger partial charge in [-0.05, 0) is 74.7 Å². The van der Waals surface area contributed by atoms with E-state index in [1.807, 2.05) is 0 Å². The van der Waals surface area contributed by atoms with E-state index >= 15 is 0 Å². The molecule has 5 nitrogen and oxygen atoms in total. The van der Waals surface area contributed by atoms with E-state index in [1.165, 1.54) is 20.8 Å². The van der Waals surface area contributed by atoms with Gasteiger partial charge in [0.2, 0.25) is 5.91 Å². The Morgan fingerprint density at radius 1 is 0.872 bits per heavy atom. The maximum Gasteiger partial charge on any atom is 0.416 e. The Hall–Kier alpha value is -3.45. The van der Waals surface area contributed by atoms with Crippen LogP contribution in [0.2, 0.25) is 0 Å². The third-order valence-corrected chi connectivity index (χ3v) is 6.26. The number of benzene rings is 2. The molecule has 0 spiro atoms. The van der Waals surface area contributed by atoms with E-state index in [2.05, 4.69) is 0 Å². The second-order valence-corrected chi connectivity index (χ2v) is 9.48. The van der Waals surface area contributed by atoms with Crippen molar-refractivity contribution in [3.63, 3.8) is 0 Å². The Balaban J connectivity index is 2.29. The number of nitrogens with two attached hydrogens (primary N) is 1. The van der Waals surface area contributed by atoms with Crippen LogP contribution in [-0.4, -0.2) is 24.1 Å². The standard InChI is InChI=1S/C25H23F9N2O3/c1-11(2)39-22(38)36-12(3)6-18(17-10-14(23(26,27)28)4-5-19(17)36)20(21(35)37)13-7-15(24(29,30)31)9-16(8-13)25(32,33)34/h4-5,7-12,18,20H,6H2,1-3H3,(H2,35,37)/t12-,18?,20+/m1/s1. The summed E-state index contributed by atoms with van der Waals surface area (Å²) in [4.78, 5) is 26.4. The number of fused-ring (bicyclic) bond motifs is 1. The van der Waals surface area contributed by atoms with Gasteiger partial charge in [0, 0.05) is 12.0 Å². The van der Waals surface area contributed by atoms with Gasteiger partial charge in [0.05, 0.1) is 34.4 Å². The molecule has 2 aromatic carbocycles. The van der Waals surface area contributed by atoms with Gasteiger partial charge in [-0.15, -0.1) is 0 Å². The van der Waals surface area contributed by atoms with E-state index in [4.69, 9.17) is 10.5 Å². The number of alkyl halides is 9. The highest BCUT2D eigenvalue weighted by Crippen LogP contribution is 2.49. The second-order valence-electron chi connectivity index (χ2n) is 9.48. The lowest BCUT2D eigenvalue weighted by Gasteiger charge is -2.41. The van der Waals surface area contributed by atoms with Crippen molar-refractivity contribution in [2.24, 2.45) is 5.73 Å². The first-order valence-electron chi connectivity index (χ1n) is 11.5. The molecule has 0 saturated heterocycles. The molecule has 214 valence electrons. The highest BCUT2D eigenvalue weighted by Gasteiger charge is 2.44. The zero-order valence-electron chi connectivity index (χ0n) is 20.6. The summed E-state index contributed by atoms with van der Waals surface area (Å²) in [6.07, 6.45) is -17.3. The van der Waals surface area contributed by atoms with Crippen molar-refractivity contribution in [3.05, 3.63) is 64.2 Å². The fraction of sp³-hybridized carbons (Fsp3) is 0.440. The van der Waals surface area contributed by atoms with Crippen molar-refractivity contribution in [3.8, 4) is 0 Å². The minimum absolute atomic E-state index is 0.135. The third kappa shape index (κ3) is 6.41. The number of nitrogens with zero attached hydrogens (tertiary/aromatic N) is 1. The minimum Gasteiger partial charge on any atom is -0.446 e. The van der Waals surface area contributed by atoms with Gasteiger partial charge in [0.25, 0.3) is 0 Å². The molecule has 0 bridgehead atoms. The largest absolute Gasteiger partial charge is 0.446 e. The summed E-state index contributed by atoms with van der Waals surface area (Å²) in [5, 5.41) is 0. The SMILES string of the molecule is CC(C)OC(=O)N1c2ccc(C(F)(F)F)cc2C([C@@H](C(N)=O)c2cc(C(F)(F)F)cc(C(F)(F)F)c2)C[C@H]1C. The van der Waals surface area contributed by atoms with Crippen LogP contribution in [0.5, 0.6) is 0 Å². The first-order chi connectivity index (χ1) is 17.7. The van der Waals surface area contributed by atoms with E-state index in [1.54, 1.807) is 0 Å². The number of hydrogen-bond acceptors (Lipinski definition) is 3. The Bertz CT molecular complexity index is 1220. The van der Waals surface area contributed by atoms with E-state index in [0.717, 1.165) is 11.0 Å². The summed E-state index contributed by atoms with van der Waals surface area (Å²) >= 11 is 0. The molecule has 2 aromatic rings. The zero-order valence-corrected chi connectivity index (χ0v) is 20.6. The van der Waals surface area contributed by atoms with Gasteiger partial charge >= 0.3 is 24.6 Å². The van der Waals surface area contributed by atoms with Crippen LogP contribution in [0.3, 0.4) is 0 Å². The van der Waals surface area contributed by atoms with Gasteiger partial charge in [0.15, 0.2) is 0 Å². The van der Waals surface area contributed by atoms with Crippen LogP contribution >= 0.6 is 0 Å². The number of rotatable bonds is 4. The van der Waals surface area contributed by atoms with Crippen LogP contribution in [0.1, 0.15) is 66.8 Å². The Kier molecular flexibility index (Phi) is 7.92. The number of anilines is 1. The van der Waals surface area contributed by atoms with Crippen molar-refractivity contribution < 1.29 is 53.8 Å². The Morgan fingerprint density at radius 2 is 1.38 bits per heavy atom. The molecule has 1 unspecified atom stereocenters. The predicted molar refractivity (Wildman–Crippen MR) is 121 cm³/mol. The highest BCUT2D eigenvalue weighted by molar-refractivity contribution is 5.91. The Morgan fingerprint density at radius 3 is 1.82 bits per heavy atom. The van der Waals surface area contributed by atoms with Gasteiger partial charge in [-0.2, -0.15) is 39.5 Å². The lowest BCUT2D eigenvalue weighted by atomic mass is 9.73. The summed E-state index contributed by atoms with van der Waals surface area (Å²) < 4.78 is 127. The molecule has 1 aliphatic heterocycles. The second kappa shape index (κ2) is 10.3. The molecule has 3 atom stereocenters. The minimum atomic E-state index is -5.24. The van der Waals surface area contributed by atoms with E-state index in [9.17, 15) is 49.1 Å². The number of hydrogen-bond donors (Lipinski definition) is 1. The average Bonchev–Trinajstić information content (AvgIpc) is 2.76. The zero-order chi connectivity index (χ0) is 29.7. The lowest BCUT2D eigenvalue weighted by Crippen LogP contribution is -2.46. The normalized spacial score (nSPS) is 19.1. The monoisotopic (exact) mass is 570 g/mol. The van der Waals surface area contributed by atoms with E-state index in [-0.39, 0.29) is 23.7 Å². The molecule has 0 aromatic heterocycles. The fourth-order valence-corrected chi connectivity index (χ4v) is 4.69. The molecular weight excluding hydrogens is 547 g/mol. The smallest absolute Gasteiger partial charge is 0.416 e. The van der Waals surface area contributed by atoms with Crippen molar-refractivity contribution in [1.82, 2.24) is 0 Å². The van der Waals surface area contributed by atoms with Gasteiger partial charge in [-0.1, -0.05) is 0 Å². The van der Waals surface area contributed by atoms with Crippen LogP contribution in [0, 0.1) is 0 Å². The summed E-state index contributed by atoms with van der Waals surface area (Å²) in [5.74, 6) is -4.68. The van der Waals surface area contributed by atoms with Gasteiger partial charge in [-0.25, -0.2) is 4.79 Å². The van der Waals surface area contributed by atoms with Gasteiger partial charge in [-0.3, -0.25) is 9.69 Å². The third-order valence-electron chi connectivity index (χ3n) is 6.26. The van der Waals surface area contributed by atoms with Crippen molar-refractivity contribution in [2.45, 2.75) is 69.7 Å². The van der Waals surface area contributed by atoms with E-state index in [0.29, 0.717) is 24.3 Å². The molecule has 39 heavy (non-hydrogen) atoms. The summed E-state index contributed by atoms with van der Waals surface area (Å²) in [7, 11) is 0. The molecule has 2 amide bonds. The number of carbonyl (C=O) groups excluding carboxylic acids is 2. The van der Waals surface area contributed by atoms with E-state index < -0.39 is 76.8 Å². The molecule has 2 N–H and O–H groups in total. The number of halogens is 9. The molecule has 0 radical (unpaired) electrons. The average molecular weight is 570 g/mol. The maximum absolute atomic E-state index is 13.6. The number of ether oxygens (including phenoxy) is 1. The van der Waals surface area contributed by atoms with Crippen LogP contribution in [0.4, 0.5) is 50.0 Å². The number of amides is 2. The molecule has 0 saturated carbocycles. The molecular formula is C25H23F9N2O3. The Labute approximate surface area is 216 Å². The van der Waals surface area contributed by atoms with Crippen molar-refractivity contribution >= 4 is 17.7 Å². The van der Waals surface area contributed by atoms with Gasteiger partial charge < -0.3 is 10.5 Å². The highest BCUT2D eigenvalue weighted by atomic mass is 19.4. The van der Waals surface area contributed by atoms with Crippen LogP contribution in [0.15, 0.2) is 36.4 Å². The summed E-state index contributed by atoms with van der Waals surface area (Å²) in [6.45, 7) is 4.50. The van der Waals surface area contributed by atoms with Crippen molar-refractivity contribution in [1.29, 1.82) is 0 Å². The fourth-order valence-electron chi connectivity index (χ4n) is 4.69. The summed E-state index contributed by atoms with van der Waals surface area (Å²) in [6, 6.07) is 1.83. The summed E-state index contributed by atoms with van der Waals surface area (Å²) in [5.41, 5.74) is -0.388. The lowest BCUT2D eigenvalue weighted by molar-refractivity contribution is -0.143. The molecule has 1 aliphatic rings. The number of primary amides is 1. The first kappa shape index (κ1) is 30.1. The molecule has 0 fully saturated rings. The first-order valence-corrected chi connectivity index (χ1v) is 11.5. The molecule has 3 rings (SSSR count). The maximum atomic E-state index is 13.6. The van der Waals surface area contributed by atoms with Crippen LogP contribution in [-0.2, 0) is 28.1 Å². The van der Waals surface area contributed by atoms with Gasteiger partial charge in [0.1, 0.15) is 0 Å². The van der Waals surface area contributed by atoms with Crippen LogP contribution in [0.25, 0.3) is 0 Å². The number of carbonyl (C=O) groups is 2. The molecule has 0 aliphatic carbocycles. The van der Waals surface area contributed by atoms with Crippen LogP contribution < -0.4 is 10.6 Å². The predicted octanol–water partition coefficient (Wildman–Crippen LogP) is 7.24.